The van der Waals surface area contributed by atoms with Crippen LogP contribution in [-0.2, 0) is 0 Å². The van der Waals surface area contributed by atoms with Crippen molar-refractivity contribution in [3.05, 3.63) is 119 Å². The molecule has 0 aromatic heterocycles. The van der Waals surface area contributed by atoms with E-state index in [0.717, 1.165) is 6.54 Å². The van der Waals surface area contributed by atoms with Gasteiger partial charge in [-0.25, -0.2) is 0 Å². The zero-order chi connectivity index (χ0) is 21.9. The van der Waals surface area contributed by atoms with Crippen LogP contribution >= 0.6 is 0 Å². The molecule has 0 fully saturated rings. The SMILES string of the molecule is CCC1c2ccccc2-c2ccccc21.CNNCC1c2ccccc2-c2ccccc21. The van der Waals surface area contributed by atoms with E-state index in [0.29, 0.717) is 11.8 Å². The van der Waals surface area contributed by atoms with Crippen LogP contribution in [-0.4, -0.2) is 13.6 Å². The van der Waals surface area contributed by atoms with Crippen LogP contribution in [0.3, 0.4) is 0 Å². The van der Waals surface area contributed by atoms with Crippen molar-refractivity contribution in [2.45, 2.75) is 25.2 Å². The maximum absolute atomic E-state index is 3.22. The van der Waals surface area contributed by atoms with Crippen LogP contribution in [0.1, 0.15) is 47.4 Å². The molecule has 0 spiro atoms. The molecular weight excluding hydrogens is 388 g/mol. The Hall–Kier alpha value is -3.20. The number of nitrogens with one attached hydrogen (secondary N) is 2. The second kappa shape index (κ2) is 9.12. The fourth-order valence-electron chi connectivity index (χ4n) is 5.38. The molecular formula is C30H30N2. The molecule has 2 aliphatic rings. The molecule has 2 nitrogen and oxygen atoms in total. The number of hydrogen-bond acceptors (Lipinski definition) is 2. The van der Waals surface area contributed by atoms with E-state index in [1.807, 2.05) is 7.05 Å². The number of hydrazine groups is 1. The first kappa shape index (κ1) is 20.7. The maximum atomic E-state index is 3.22. The van der Waals surface area contributed by atoms with Crippen LogP contribution in [0.15, 0.2) is 97.1 Å². The largest absolute Gasteiger partial charge is 0.261 e. The van der Waals surface area contributed by atoms with Crippen LogP contribution in [0.2, 0.25) is 0 Å². The van der Waals surface area contributed by atoms with Crippen molar-refractivity contribution in [3.63, 3.8) is 0 Å². The molecule has 0 saturated carbocycles. The number of fused-ring (bicyclic) bond motifs is 6. The standard InChI is InChI=1S/C15H16N2.C15H14/c1-16-17-10-15-13-8-4-2-6-11(13)12-7-3-5-9-14(12)15;1-2-11-12-7-3-5-9-14(12)15-10-6-4-8-13(11)15/h2-9,15-17H,10H2,1H3;3-11H,2H2,1H3. The summed E-state index contributed by atoms with van der Waals surface area (Å²) < 4.78 is 0. The van der Waals surface area contributed by atoms with Crippen LogP contribution in [0, 0.1) is 0 Å². The van der Waals surface area contributed by atoms with Gasteiger partial charge in [-0.2, -0.15) is 0 Å². The summed E-state index contributed by atoms with van der Waals surface area (Å²) in [6.45, 7) is 3.19. The summed E-state index contributed by atoms with van der Waals surface area (Å²) in [5.41, 5.74) is 17.7. The summed E-state index contributed by atoms with van der Waals surface area (Å²) in [4.78, 5) is 0. The zero-order valence-corrected chi connectivity index (χ0v) is 18.8. The highest BCUT2D eigenvalue weighted by Crippen LogP contribution is 2.46. The van der Waals surface area contributed by atoms with Crippen LogP contribution in [0.5, 0.6) is 0 Å². The average molecular weight is 419 g/mol. The quantitative estimate of drug-likeness (QED) is 0.359. The van der Waals surface area contributed by atoms with Crippen LogP contribution in [0.4, 0.5) is 0 Å². The maximum Gasteiger partial charge on any atom is 0.0240 e. The van der Waals surface area contributed by atoms with E-state index >= 15 is 0 Å². The topological polar surface area (TPSA) is 24.1 Å². The average Bonchev–Trinajstić information content (AvgIpc) is 3.36. The van der Waals surface area contributed by atoms with Crippen molar-refractivity contribution >= 4 is 0 Å². The van der Waals surface area contributed by atoms with E-state index in [9.17, 15) is 0 Å². The van der Waals surface area contributed by atoms with E-state index in [-0.39, 0.29) is 0 Å². The molecule has 0 radical (unpaired) electrons. The first-order valence-corrected chi connectivity index (χ1v) is 11.6. The van der Waals surface area contributed by atoms with Gasteiger partial charge >= 0.3 is 0 Å². The molecule has 2 heteroatoms. The molecule has 0 bridgehead atoms. The van der Waals surface area contributed by atoms with Gasteiger partial charge in [0.1, 0.15) is 0 Å². The van der Waals surface area contributed by atoms with Crippen molar-refractivity contribution in [2.24, 2.45) is 0 Å². The summed E-state index contributed by atoms with van der Waals surface area (Å²) in [5.74, 6) is 1.06. The minimum absolute atomic E-state index is 0.454. The van der Waals surface area contributed by atoms with Crippen LogP contribution < -0.4 is 10.9 Å². The van der Waals surface area contributed by atoms with Gasteiger partial charge in [-0.1, -0.05) is 104 Å². The molecule has 0 heterocycles. The second-order valence-corrected chi connectivity index (χ2v) is 8.49. The number of hydrogen-bond donors (Lipinski definition) is 2. The lowest BCUT2D eigenvalue weighted by Crippen LogP contribution is -2.31. The fourth-order valence-corrected chi connectivity index (χ4v) is 5.38. The Balaban J connectivity index is 0.000000136. The van der Waals surface area contributed by atoms with Gasteiger partial charge in [-0.3, -0.25) is 10.9 Å². The second-order valence-electron chi connectivity index (χ2n) is 8.49. The third-order valence-corrected chi connectivity index (χ3v) is 6.82. The van der Waals surface area contributed by atoms with Crippen molar-refractivity contribution in [3.8, 4) is 22.3 Å². The molecule has 0 saturated heterocycles. The first-order chi connectivity index (χ1) is 15.8. The molecule has 0 aliphatic heterocycles. The molecule has 4 aromatic rings. The predicted molar refractivity (Wildman–Crippen MR) is 135 cm³/mol. The van der Waals surface area contributed by atoms with Crippen molar-refractivity contribution in [1.29, 1.82) is 0 Å². The minimum atomic E-state index is 0.454. The van der Waals surface area contributed by atoms with Crippen molar-refractivity contribution in [1.82, 2.24) is 10.9 Å². The molecule has 0 amide bonds. The molecule has 160 valence electrons. The third-order valence-electron chi connectivity index (χ3n) is 6.82. The molecule has 6 rings (SSSR count). The van der Waals surface area contributed by atoms with E-state index in [1.165, 1.54) is 50.9 Å². The third kappa shape index (κ3) is 3.56. The lowest BCUT2D eigenvalue weighted by atomic mass is 9.95. The van der Waals surface area contributed by atoms with Crippen molar-refractivity contribution < 1.29 is 0 Å². The first-order valence-electron chi connectivity index (χ1n) is 11.6. The molecule has 2 N–H and O–H groups in total. The van der Waals surface area contributed by atoms with E-state index in [4.69, 9.17) is 0 Å². The molecule has 0 unspecified atom stereocenters. The summed E-state index contributed by atoms with van der Waals surface area (Å²) in [5, 5.41) is 0. The molecule has 32 heavy (non-hydrogen) atoms. The summed E-state index contributed by atoms with van der Waals surface area (Å²) in [7, 11) is 1.91. The highest BCUT2D eigenvalue weighted by molar-refractivity contribution is 5.79. The van der Waals surface area contributed by atoms with E-state index in [1.54, 1.807) is 0 Å². The van der Waals surface area contributed by atoms with Gasteiger partial charge in [-0.05, 0) is 58.0 Å². The van der Waals surface area contributed by atoms with Gasteiger partial charge in [0, 0.05) is 18.4 Å². The number of rotatable bonds is 4. The van der Waals surface area contributed by atoms with E-state index < -0.39 is 0 Å². The van der Waals surface area contributed by atoms with Crippen molar-refractivity contribution in [2.75, 3.05) is 13.6 Å². The Morgan fingerprint density at radius 3 is 1.22 bits per heavy atom. The molecule has 4 aromatic carbocycles. The fraction of sp³-hybridized carbons (Fsp3) is 0.200. The number of benzene rings is 4. The Bertz CT molecular complexity index is 1140. The van der Waals surface area contributed by atoms with Crippen LogP contribution in [0.25, 0.3) is 22.3 Å². The highest BCUT2D eigenvalue weighted by Gasteiger charge is 2.27. The Morgan fingerprint density at radius 2 is 0.875 bits per heavy atom. The van der Waals surface area contributed by atoms with Gasteiger partial charge in [0.2, 0.25) is 0 Å². The van der Waals surface area contributed by atoms with E-state index in [2.05, 4.69) is 115 Å². The minimum Gasteiger partial charge on any atom is -0.261 e. The Morgan fingerprint density at radius 1 is 0.531 bits per heavy atom. The zero-order valence-electron chi connectivity index (χ0n) is 18.8. The molecule has 2 aliphatic carbocycles. The summed E-state index contributed by atoms with van der Waals surface area (Å²) in [6, 6.07) is 34.9. The Kier molecular flexibility index (Phi) is 5.89. The Labute approximate surface area is 191 Å². The van der Waals surface area contributed by atoms with Gasteiger partial charge in [-0.15, -0.1) is 0 Å². The molecule has 0 atom stereocenters. The lowest BCUT2D eigenvalue weighted by molar-refractivity contribution is 0.569. The normalized spacial score (nSPS) is 13.6. The van der Waals surface area contributed by atoms with Gasteiger partial charge in [0.15, 0.2) is 0 Å². The predicted octanol–water partition coefficient (Wildman–Crippen LogP) is 6.73. The summed E-state index contributed by atoms with van der Waals surface area (Å²) in [6.07, 6.45) is 1.19. The monoisotopic (exact) mass is 418 g/mol. The smallest absolute Gasteiger partial charge is 0.0240 e. The lowest BCUT2D eigenvalue weighted by Gasteiger charge is -2.13. The van der Waals surface area contributed by atoms with Gasteiger partial charge < -0.3 is 0 Å². The highest BCUT2D eigenvalue weighted by atomic mass is 15.3. The summed E-state index contributed by atoms with van der Waals surface area (Å²) >= 11 is 0. The van der Waals surface area contributed by atoms with Gasteiger partial charge in [0.25, 0.3) is 0 Å². The van der Waals surface area contributed by atoms with Gasteiger partial charge in [0.05, 0.1) is 0 Å².